The molecule has 10 heavy (non-hydrogen) atoms. The van der Waals surface area contributed by atoms with Gasteiger partial charge in [0.2, 0.25) is 0 Å². The smallest absolute Gasteiger partial charge is 0.00700 e. The number of hydrogen-bond acceptors (Lipinski definition) is 1. The van der Waals surface area contributed by atoms with Crippen LogP contribution in [0.1, 0.15) is 39.5 Å². The van der Waals surface area contributed by atoms with E-state index in [1.54, 1.807) is 0 Å². The fourth-order valence-electron chi connectivity index (χ4n) is 1.60. The van der Waals surface area contributed by atoms with E-state index in [4.69, 9.17) is 0 Å². The van der Waals surface area contributed by atoms with Crippen molar-refractivity contribution in [2.24, 2.45) is 0 Å². The number of halogens is 1. The molecule has 0 saturated carbocycles. The minimum absolute atomic E-state index is 0. The monoisotopic (exact) mass is 163 g/mol. The van der Waals surface area contributed by atoms with Crippen molar-refractivity contribution in [3.05, 3.63) is 0 Å². The first-order valence-electron chi connectivity index (χ1n) is 4.09. The minimum Gasteiger partial charge on any atom is -0.312 e. The van der Waals surface area contributed by atoms with Crippen molar-refractivity contribution in [1.29, 1.82) is 0 Å². The molecule has 1 aliphatic rings. The van der Waals surface area contributed by atoms with Crippen molar-refractivity contribution in [1.82, 2.24) is 5.32 Å². The highest BCUT2D eigenvalue weighted by atomic mass is 35.5. The van der Waals surface area contributed by atoms with Gasteiger partial charge in [-0.05, 0) is 26.2 Å². The van der Waals surface area contributed by atoms with Crippen LogP contribution < -0.4 is 5.32 Å². The Balaban J connectivity index is 0.000000810. The first-order valence-corrected chi connectivity index (χ1v) is 4.09. The lowest BCUT2D eigenvalue weighted by atomic mass is 10.1. The van der Waals surface area contributed by atoms with E-state index in [1.807, 2.05) is 0 Å². The molecule has 0 aromatic rings. The van der Waals surface area contributed by atoms with Crippen molar-refractivity contribution in [2.45, 2.75) is 51.6 Å². The molecule has 2 atom stereocenters. The van der Waals surface area contributed by atoms with Crippen LogP contribution in [0, 0.1) is 0 Å². The summed E-state index contributed by atoms with van der Waals surface area (Å²) in [6.45, 7) is 4.53. The molecule has 0 spiro atoms. The Kier molecular flexibility index (Phi) is 5.10. The second-order valence-electron chi connectivity index (χ2n) is 3.13. The van der Waals surface area contributed by atoms with Gasteiger partial charge in [0, 0.05) is 12.1 Å². The lowest BCUT2D eigenvalue weighted by Crippen LogP contribution is -2.26. The second kappa shape index (κ2) is 4.97. The number of hydrogen-bond donors (Lipinski definition) is 1. The van der Waals surface area contributed by atoms with E-state index in [-0.39, 0.29) is 12.4 Å². The van der Waals surface area contributed by atoms with Crippen molar-refractivity contribution < 1.29 is 0 Å². The van der Waals surface area contributed by atoms with Crippen LogP contribution in [0.25, 0.3) is 0 Å². The maximum absolute atomic E-state index is 3.55. The Hall–Kier alpha value is 0.250. The van der Waals surface area contributed by atoms with Gasteiger partial charge >= 0.3 is 0 Å². The lowest BCUT2D eigenvalue weighted by molar-refractivity contribution is 0.521. The molecule has 1 saturated heterocycles. The first-order chi connectivity index (χ1) is 4.33. The Labute approximate surface area is 70.0 Å². The van der Waals surface area contributed by atoms with Crippen LogP contribution >= 0.6 is 12.4 Å². The van der Waals surface area contributed by atoms with Crippen LogP contribution in [0.3, 0.4) is 0 Å². The Morgan fingerprint density at radius 3 is 2.50 bits per heavy atom. The summed E-state index contributed by atoms with van der Waals surface area (Å²) in [5, 5.41) is 3.55. The summed E-state index contributed by atoms with van der Waals surface area (Å²) in [7, 11) is 0. The van der Waals surface area contributed by atoms with Gasteiger partial charge < -0.3 is 5.32 Å². The quantitative estimate of drug-likeness (QED) is 0.659. The zero-order valence-corrected chi connectivity index (χ0v) is 7.71. The topological polar surface area (TPSA) is 12.0 Å². The van der Waals surface area contributed by atoms with E-state index < -0.39 is 0 Å². The molecule has 2 heteroatoms. The van der Waals surface area contributed by atoms with Crippen LogP contribution in [-0.4, -0.2) is 12.1 Å². The molecular formula is C8H18ClN. The Morgan fingerprint density at radius 1 is 1.40 bits per heavy atom. The minimum atomic E-state index is 0. The zero-order chi connectivity index (χ0) is 6.69. The van der Waals surface area contributed by atoms with Gasteiger partial charge in [0.25, 0.3) is 0 Å². The van der Waals surface area contributed by atoms with Crippen LogP contribution in [0.15, 0.2) is 0 Å². The van der Waals surface area contributed by atoms with Gasteiger partial charge in [0.05, 0.1) is 0 Å². The van der Waals surface area contributed by atoms with Crippen molar-refractivity contribution in [3.8, 4) is 0 Å². The van der Waals surface area contributed by atoms with Gasteiger partial charge in [0.15, 0.2) is 0 Å². The van der Waals surface area contributed by atoms with E-state index in [2.05, 4.69) is 19.2 Å². The van der Waals surface area contributed by atoms with Crippen LogP contribution in [0.2, 0.25) is 0 Å². The third-order valence-electron chi connectivity index (χ3n) is 2.11. The molecule has 1 N–H and O–H groups in total. The highest BCUT2D eigenvalue weighted by Gasteiger charge is 2.18. The number of nitrogens with one attached hydrogen (secondary N) is 1. The zero-order valence-electron chi connectivity index (χ0n) is 6.89. The molecule has 1 heterocycles. The van der Waals surface area contributed by atoms with Gasteiger partial charge in [-0.25, -0.2) is 0 Å². The molecule has 1 fully saturated rings. The molecule has 0 aromatic carbocycles. The molecular weight excluding hydrogens is 146 g/mol. The molecule has 0 aliphatic carbocycles. The van der Waals surface area contributed by atoms with E-state index in [0.717, 1.165) is 12.1 Å². The molecule has 0 aromatic heterocycles. The fourth-order valence-corrected chi connectivity index (χ4v) is 1.60. The predicted molar refractivity (Wildman–Crippen MR) is 47.8 cm³/mol. The van der Waals surface area contributed by atoms with E-state index in [9.17, 15) is 0 Å². The third kappa shape index (κ3) is 2.89. The molecule has 0 bridgehead atoms. The normalized spacial score (nSPS) is 31.8. The van der Waals surface area contributed by atoms with Gasteiger partial charge in [0.1, 0.15) is 0 Å². The molecule has 1 aliphatic heterocycles. The summed E-state index contributed by atoms with van der Waals surface area (Å²) in [4.78, 5) is 0. The highest BCUT2D eigenvalue weighted by molar-refractivity contribution is 5.85. The summed E-state index contributed by atoms with van der Waals surface area (Å²) >= 11 is 0. The van der Waals surface area contributed by atoms with Gasteiger partial charge in [-0.3, -0.25) is 0 Å². The highest BCUT2D eigenvalue weighted by Crippen LogP contribution is 2.14. The molecule has 0 radical (unpaired) electrons. The summed E-state index contributed by atoms with van der Waals surface area (Å²) in [6.07, 6.45) is 5.47. The molecule has 1 nitrogen and oxygen atoms in total. The van der Waals surface area contributed by atoms with Gasteiger partial charge in [-0.1, -0.05) is 13.3 Å². The average molecular weight is 164 g/mol. The SMILES string of the molecule is CCC[C@@H]1CC[C@@H](C)N1.Cl. The van der Waals surface area contributed by atoms with Crippen molar-refractivity contribution in [2.75, 3.05) is 0 Å². The van der Waals surface area contributed by atoms with Gasteiger partial charge in [-0.2, -0.15) is 0 Å². The maximum Gasteiger partial charge on any atom is 0.00700 e. The summed E-state index contributed by atoms with van der Waals surface area (Å²) in [5.74, 6) is 0. The van der Waals surface area contributed by atoms with Crippen molar-refractivity contribution >= 4 is 12.4 Å². The third-order valence-corrected chi connectivity index (χ3v) is 2.11. The fraction of sp³-hybridized carbons (Fsp3) is 1.00. The molecule has 62 valence electrons. The summed E-state index contributed by atoms with van der Waals surface area (Å²) < 4.78 is 0. The Bertz CT molecular complexity index is 83.3. The van der Waals surface area contributed by atoms with Crippen LogP contribution in [0.5, 0.6) is 0 Å². The van der Waals surface area contributed by atoms with Crippen LogP contribution in [-0.2, 0) is 0 Å². The average Bonchev–Trinajstić information content (AvgIpc) is 2.17. The Morgan fingerprint density at radius 2 is 2.10 bits per heavy atom. The first kappa shape index (κ1) is 10.2. The standard InChI is InChI=1S/C8H17N.ClH/c1-3-4-8-6-5-7(2)9-8;/h7-9H,3-6H2,1-2H3;1H/t7-,8-;/m1./s1. The summed E-state index contributed by atoms with van der Waals surface area (Å²) in [6, 6.07) is 1.62. The van der Waals surface area contributed by atoms with Crippen molar-refractivity contribution in [3.63, 3.8) is 0 Å². The summed E-state index contributed by atoms with van der Waals surface area (Å²) in [5.41, 5.74) is 0. The molecule has 0 unspecified atom stereocenters. The van der Waals surface area contributed by atoms with E-state index in [1.165, 1.54) is 25.7 Å². The maximum atomic E-state index is 3.55. The molecule has 1 rings (SSSR count). The molecule has 0 amide bonds. The largest absolute Gasteiger partial charge is 0.312 e. The predicted octanol–water partition coefficient (Wildman–Crippen LogP) is 2.35. The lowest BCUT2D eigenvalue weighted by Gasteiger charge is -2.08. The second-order valence-corrected chi connectivity index (χ2v) is 3.13. The van der Waals surface area contributed by atoms with E-state index in [0.29, 0.717) is 0 Å². The number of rotatable bonds is 2. The van der Waals surface area contributed by atoms with Gasteiger partial charge in [-0.15, -0.1) is 12.4 Å². The van der Waals surface area contributed by atoms with E-state index >= 15 is 0 Å². The van der Waals surface area contributed by atoms with Crippen LogP contribution in [0.4, 0.5) is 0 Å².